The van der Waals surface area contributed by atoms with E-state index in [1.807, 2.05) is 58.0 Å². The number of rotatable bonds is 11. The molecule has 4 rings (SSSR count). The molecular formula is C35H39ClN6O3. The number of hydrogen-bond acceptors (Lipinski definition) is 6. The van der Waals surface area contributed by atoms with Gasteiger partial charge in [0, 0.05) is 40.5 Å². The summed E-state index contributed by atoms with van der Waals surface area (Å²) in [4.78, 5) is 26.7. The maximum absolute atomic E-state index is 13.5. The SMILES string of the molecule is CC(C)Nc1cc(Cl)c(-c2cc(N)cc(C(=O)NC(C)(C)c3ccccc3)c2)c(CC(=O)NCc2ccc(C(=N)N)cc2)c1O. The molecule has 4 aromatic rings. The summed E-state index contributed by atoms with van der Waals surface area (Å²) in [5, 5.41) is 28.4. The van der Waals surface area contributed by atoms with Gasteiger partial charge in [-0.15, -0.1) is 0 Å². The van der Waals surface area contributed by atoms with Crippen LogP contribution in [0.3, 0.4) is 0 Å². The predicted octanol–water partition coefficient (Wildman–Crippen LogP) is 5.92. The average molecular weight is 627 g/mol. The van der Waals surface area contributed by atoms with Crippen molar-refractivity contribution in [1.82, 2.24) is 10.6 Å². The number of amides is 2. The van der Waals surface area contributed by atoms with E-state index in [2.05, 4.69) is 16.0 Å². The smallest absolute Gasteiger partial charge is 0.252 e. The Morgan fingerprint density at radius 1 is 0.978 bits per heavy atom. The van der Waals surface area contributed by atoms with E-state index in [0.29, 0.717) is 33.6 Å². The zero-order valence-corrected chi connectivity index (χ0v) is 26.5. The van der Waals surface area contributed by atoms with Crippen LogP contribution in [0.25, 0.3) is 11.1 Å². The first-order chi connectivity index (χ1) is 21.2. The molecule has 4 aromatic carbocycles. The molecule has 0 unspecified atom stereocenters. The predicted molar refractivity (Wildman–Crippen MR) is 182 cm³/mol. The third kappa shape index (κ3) is 8.13. The Morgan fingerprint density at radius 3 is 2.27 bits per heavy atom. The Hall–Kier alpha value is -5.02. The summed E-state index contributed by atoms with van der Waals surface area (Å²) in [5.41, 5.74) is 15.7. The molecule has 0 aliphatic heterocycles. The lowest BCUT2D eigenvalue weighted by Crippen LogP contribution is -2.41. The zero-order chi connectivity index (χ0) is 32.9. The highest BCUT2D eigenvalue weighted by Crippen LogP contribution is 2.43. The Kier molecular flexibility index (Phi) is 10.0. The number of benzene rings is 4. The van der Waals surface area contributed by atoms with Crippen LogP contribution in [0.4, 0.5) is 11.4 Å². The Labute approximate surface area is 268 Å². The summed E-state index contributed by atoms with van der Waals surface area (Å²) in [7, 11) is 0. The second-order valence-corrected chi connectivity index (χ2v) is 12.2. The molecule has 9 nitrogen and oxygen atoms in total. The molecule has 0 aliphatic rings. The molecule has 0 atom stereocenters. The first-order valence-corrected chi connectivity index (χ1v) is 14.9. The molecule has 9 N–H and O–H groups in total. The molecule has 2 amide bonds. The molecule has 0 spiro atoms. The number of phenolic OH excluding ortho intramolecular Hbond substituents is 1. The van der Waals surface area contributed by atoms with Crippen LogP contribution in [0.1, 0.15) is 60.3 Å². The van der Waals surface area contributed by atoms with Crippen LogP contribution in [0.15, 0.2) is 78.9 Å². The van der Waals surface area contributed by atoms with E-state index in [1.54, 1.807) is 48.5 Å². The van der Waals surface area contributed by atoms with Crippen molar-refractivity contribution in [2.24, 2.45) is 5.73 Å². The van der Waals surface area contributed by atoms with Gasteiger partial charge in [-0.1, -0.05) is 66.2 Å². The van der Waals surface area contributed by atoms with Gasteiger partial charge in [-0.05, 0) is 68.7 Å². The van der Waals surface area contributed by atoms with Gasteiger partial charge in [-0.2, -0.15) is 0 Å². The Balaban J connectivity index is 1.68. The number of nitrogen functional groups attached to an aromatic ring is 2. The van der Waals surface area contributed by atoms with Crippen molar-refractivity contribution in [2.45, 2.75) is 52.2 Å². The van der Waals surface area contributed by atoms with Gasteiger partial charge in [0.1, 0.15) is 11.6 Å². The summed E-state index contributed by atoms with van der Waals surface area (Å²) in [6.45, 7) is 7.90. The Bertz CT molecular complexity index is 1720. The largest absolute Gasteiger partial charge is 0.505 e. The third-order valence-electron chi connectivity index (χ3n) is 7.32. The lowest BCUT2D eigenvalue weighted by molar-refractivity contribution is -0.120. The first-order valence-electron chi connectivity index (χ1n) is 14.5. The number of carbonyl (C=O) groups is 2. The van der Waals surface area contributed by atoms with E-state index in [0.717, 1.165) is 11.1 Å². The summed E-state index contributed by atoms with van der Waals surface area (Å²) in [6.07, 6.45) is -0.197. The summed E-state index contributed by atoms with van der Waals surface area (Å²) < 4.78 is 0. The van der Waals surface area contributed by atoms with Gasteiger partial charge >= 0.3 is 0 Å². The lowest BCUT2D eigenvalue weighted by atomic mass is 9.92. The van der Waals surface area contributed by atoms with Crippen molar-refractivity contribution >= 4 is 40.6 Å². The molecule has 0 aromatic heterocycles. The minimum absolute atomic E-state index is 0.0203. The highest BCUT2D eigenvalue weighted by atomic mass is 35.5. The molecule has 10 heteroatoms. The molecule has 0 heterocycles. The zero-order valence-electron chi connectivity index (χ0n) is 25.8. The minimum atomic E-state index is -0.668. The molecule has 0 bridgehead atoms. The van der Waals surface area contributed by atoms with E-state index in [4.69, 9.17) is 28.5 Å². The third-order valence-corrected chi connectivity index (χ3v) is 7.61. The van der Waals surface area contributed by atoms with Gasteiger partial charge < -0.3 is 32.5 Å². The normalized spacial score (nSPS) is 11.2. The second kappa shape index (κ2) is 13.7. The number of carbonyl (C=O) groups excluding carboxylic acids is 2. The number of halogens is 1. The van der Waals surface area contributed by atoms with Crippen molar-refractivity contribution in [3.8, 4) is 16.9 Å². The molecule has 0 aliphatic carbocycles. The van der Waals surface area contributed by atoms with Gasteiger partial charge in [0.25, 0.3) is 5.91 Å². The van der Waals surface area contributed by atoms with Crippen molar-refractivity contribution < 1.29 is 14.7 Å². The van der Waals surface area contributed by atoms with Crippen LogP contribution >= 0.6 is 11.6 Å². The van der Waals surface area contributed by atoms with Gasteiger partial charge in [0.2, 0.25) is 5.91 Å². The molecular weight excluding hydrogens is 588 g/mol. The quantitative estimate of drug-likeness (QED) is 0.0472. The molecule has 0 radical (unpaired) electrons. The maximum atomic E-state index is 13.5. The van der Waals surface area contributed by atoms with Crippen LogP contribution < -0.4 is 27.4 Å². The number of nitrogens with two attached hydrogens (primary N) is 2. The highest BCUT2D eigenvalue weighted by molar-refractivity contribution is 6.34. The fourth-order valence-electron chi connectivity index (χ4n) is 5.03. The van der Waals surface area contributed by atoms with Crippen molar-refractivity contribution in [1.29, 1.82) is 5.41 Å². The van der Waals surface area contributed by atoms with Crippen molar-refractivity contribution in [3.63, 3.8) is 0 Å². The van der Waals surface area contributed by atoms with Crippen LogP contribution in [-0.2, 0) is 23.3 Å². The molecule has 0 saturated carbocycles. The number of phenols is 1. The minimum Gasteiger partial charge on any atom is -0.505 e. The van der Waals surface area contributed by atoms with Gasteiger partial charge in [-0.3, -0.25) is 15.0 Å². The van der Waals surface area contributed by atoms with Crippen molar-refractivity contribution in [3.05, 3.63) is 112 Å². The Morgan fingerprint density at radius 2 is 1.64 bits per heavy atom. The van der Waals surface area contributed by atoms with Crippen LogP contribution in [0, 0.1) is 5.41 Å². The molecule has 0 saturated heterocycles. The standard InChI is InChI=1S/C35H39ClN6O3/c1-20(2)41-29-18-28(36)31(27(32(29)44)17-30(43)40-19-21-10-12-22(13-11-21)33(38)39)23-14-24(16-26(37)15-23)34(45)42-35(3,4)25-8-6-5-7-9-25/h5-16,18,20,41,44H,17,19,37H2,1-4H3,(H3,38,39)(H,40,43)(H,42,45). The molecule has 234 valence electrons. The van der Waals surface area contributed by atoms with Crippen LogP contribution in [0.2, 0.25) is 5.02 Å². The van der Waals surface area contributed by atoms with Crippen molar-refractivity contribution in [2.75, 3.05) is 11.1 Å². The fourth-order valence-corrected chi connectivity index (χ4v) is 5.37. The number of hydrogen-bond donors (Lipinski definition) is 7. The van der Waals surface area contributed by atoms with E-state index in [-0.39, 0.29) is 53.0 Å². The average Bonchev–Trinajstić information content (AvgIpc) is 2.98. The maximum Gasteiger partial charge on any atom is 0.252 e. The summed E-state index contributed by atoms with van der Waals surface area (Å²) in [5.74, 6) is -0.859. The summed E-state index contributed by atoms with van der Waals surface area (Å²) >= 11 is 6.84. The van der Waals surface area contributed by atoms with E-state index < -0.39 is 5.54 Å². The van der Waals surface area contributed by atoms with Crippen LogP contribution in [0.5, 0.6) is 5.75 Å². The van der Waals surface area contributed by atoms with Gasteiger partial charge in [-0.25, -0.2) is 0 Å². The number of aromatic hydroxyl groups is 1. The monoisotopic (exact) mass is 626 g/mol. The van der Waals surface area contributed by atoms with Gasteiger partial charge in [0.05, 0.1) is 22.7 Å². The van der Waals surface area contributed by atoms with E-state index >= 15 is 0 Å². The van der Waals surface area contributed by atoms with Gasteiger partial charge in [0.15, 0.2) is 0 Å². The fraction of sp³-hybridized carbons (Fsp3) is 0.229. The van der Waals surface area contributed by atoms with E-state index in [1.165, 1.54) is 0 Å². The number of amidine groups is 1. The van der Waals surface area contributed by atoms with E-state index in [9.17, 15) is 14.7 Å². The topological polar surface area (TPSA) is 166 Å². The molecule has 0 fully saturated rings. The first kappa shape index (κ1) is 32.9. The number of anilines is 2. The summed E-state index contributed by atoms with van der Waals surface area (Å²) in [6, 6.07) is 23.1. The molecule has 45 heavy (non-hydrogen) atoms. The van der Waals surface area contributed by atoms with Crippen LogP contribution in [-0.4, -0.2) is 28.8 Å². The lowest BCUT2D eigenvalue weighted by Gasteiger charge is -2.27. The number of nitrogens with one attached hydrogen (secondary N) is 4. The highest BCUT2D eigenvalue weighted by Gasteiger charge is 2.25. The second-order valence-electron chi connectivity index (χ2n) is 11.8.